The van der Waals surface area contributed by atoms with Crippen LogP contribution in [0.15, 0.2) is 42.7 Å². The van der Waals surface area contributed by atoms with Crippen molar-refractivity contribution in [2.75, 3.05) is 55.6 Å². The number of anilines is 3. The number of nitrogens with two attached hydrogens (primary N) is 1. The molecule has 2 aliphatic rings. The number of carbonyl (C=O) groups excluding carboxylic acids is 1. The number of ether oxygens (including phenoxy) is 3. The van der Waals surface area contributed by atoms with Crippen molar-refractivity contribution < 1.29 is 19.0 Å². The second kappa shape index (κ2) is 11.2. The highest BCUT2D eigenvalue weighted by Gasteiger charge is 2.22. The molecule has 4 N–H and O–H groups in total. The zero-order chi connectivity index (χ0) is 25.8. The highest BCUT2D eigenvalue weighted by Crippen LogP contribution is 2.33. The summed E-state index contributed by atoms with van der Waals surface area (Å²) in [5.41, 5.74) is 13.1. The summed E-state index contributed by atoms with van der Waals surface area (Å²) in [4.78, 5) is 25.2. The minimum Gasteiger partial charge on any atom is -0.482 e. The predicted octanol–water partition coefficient (Wildman–Crippen LogP) is 2.94. The lowest BCUT2D eigenvalue weighted by atomic mass is 10.1. The SMILES string of the molecule is Nc1c(NNC(=O)COc2ccc(Cl)cc2Cl)ncnc1N1CCN(Cc2ccc3c(c2)OCO3)CC1. The number of carbonyl (C=O) groups is 1. The Morgan fingerprint density at radius 1 is 1.05 bits per heavy atom. The van der Waals surface area contributed by atoms with Gasteiger partial charge in [0, 0.05) is 37.7 Å². The van der Waals surface area contributed by atoms with Gasteiger partial charge in [0.15, 0.2) is 29.7 Å². The first-order chi connectivity index (χ1) is 18.0. The van der Waals surface area contributed by atoms with Gasteiger partial charge in [-0.25, -0.2) is 9.97 Å². The van der Waals surface area contributed by atoms with Crippen LogP contribution >= 0.6 is 23.2 Å². The molecule has 2 aromatic carbocycles. The summed E-state index contributed by atoms with van der Waals surface area (Å²) in [6.07, 6.45) is 1.41. The molecule has 3 aromatic rings. The van der Waals surface area contributed by atoms with Gasteiger partial charge in [-0.1, -0.05) is 29.3 Å². The molecule has 3 heterocycles. The standard InChI is InChI=1S/C24H25Cl2N7O4/c25-16-2-4-18(17(26)10-16)35-12-21(34)30-31-23-22(27)24(29-13-28-23)33-7-5-32(6-8-33)11-15-1-3-19-20(9-15)37-14-36-19/h1-4,9-10,13H,5-8,11-12,14,27H2,(H,30,34)(H,28,29,31). The first-order valence-electron chi connectivity index (χ1n) is 11.6. The molecule has 2 aliphatic heterocycles. The molecule has 0 spiro atoms. The minimum absolute atomic E-state index is 0.266. The van der Waals surface area contributed by atoms with Crippen LogP contribution in [0.2, 0.25) is 10.0 Å². The summed E-state index contributed by atoms with van der Waals surface area (Å²) in [6.45, 7) is 3.97. The van der Waals surface area contributed by atoms with Crippen LogP contribution in [-0.2, 0) is 11.3 Å². The first-order valence-corrected chi connectivity index (χ1v) is 12.3. The Kier molecular flexibility index (Phi) is 7.54. The number of hydrogen-bond acceptors (Lipinski definition) is 10. The van der Waals surface area contributed by atoms with Crippen molar-refractivity contribution in [3.8, 4) is 17.2 Å². The number of hydrazine groups is 1. The number of halogens is 2. The van der Waals surface area contributed by atoms with Crippen molar-refractivity contribution in [1.29, 1.82) is 0 Å². The molecule has 5 rings (SSSR count). The molecule has 0 saturated carbocycles. The van der Waals surface area contributed by atoms with E-state index in [2.05, 4.69) is 36.7 Å². The molecular weight excluding hydrogens is 521 g/mol. The highest BCUT2D eigenvalue weighted by molar-refractivity contribution is 6.35. The molecule has 0 atom stereocenters. The van der Waals surface area contributed by atoms with Gasteiger partial charge < -0.3 is 24.8 Å². The molecular formula is C24H25Cl2N7O4. The average Bonchev–Trinajstić information content (AvgIpc) is 3.36. The molecule has 0 unspecified atom stereocenters. The van der Waals surface area contributed by atoms with E-state index in [-0.39, 0.29) is 13.4 Å². The normalized spacial score (nSPS) is 14.9. The molecule has 37 heavy (non-hydrogen) atoms. The molecule has 1 amide bonds. The molecule has 194 valence electrons. The summed E-state index contributed by atoms with van der Waals surface area (Å²) in [5, 5.41) is 0.790. The van der Waals surface area contributed by atoms with Gasteiger partial charge in [0.25, 0.3) is 5.91 Å². The van der Waals surface area contributed by atoms with Crippen LogP contribution in [0, 0.1) is 0 Å². The third kappa shape index (κ3) is 6.01. The van der Waals surface area contributed by atoms with Crippen molar-refractivity contribution in [2.24, 2.45) is 0 Å². The molecule has 11 nitrogen and oxygen atoms in total. The summed E-state index contributed by atoms with van der Waals surface area (Å²) in [7, 11) is 0. The van der Waals surface area contributed by atoms with Gasteiger partial charge >= 0.3 is 0 Å². The van der Waals surface area contributed by atoms with Crippen LogP contribution in [0.3, 0.4) is 0 Å². The average molecular weight is 546 g/mol. The lowest BCUT2D eigenvalue weighted by molar-refractivity contribution is -0.122. The quantitative estimate of drug-likeness (QED) is 0.363. The largest absolute Gasteiger partial charge is 0.482 e. The molecule has 1 aromatic heterocycles. The monoisotopic (exact) mass is 545 g/mol. The molecule has 0 aliphatic carbocycles. The van der Waals surface area contributed by atoms with Gasteiger partial charge in [0.05, 0.1) is 5.02 Å². The molecule has 13 heteroatoms. The van der Waals surface area contributed by atoms with Gasteiger partial charge in [-0.2, -0.15) is 0 Å². The minimum atomic E-state index is -0.442. The number of aromatic nitrogens is 2. The Morgan fingerprint density at radius 3 is 2.68 bits per heavy atom. The van der Waals surface area contributed by atoms with E-state index in [1.165, 1.54) is 18.0 Å². The topological polar surface area (TPSA) is 127 Å². The van der Waals surface area contributed by atoms with E-state index in [9.17, 15) is 4.79 Å². The van der Waals surface area contributed by atoms with Crippen LogP contribution in [-0.4, -0.2) is 60.4 Å². The van der Waals surface area contributed by atoms with E-state index in [4.69, 9.17) is 43.1 Å². The zero-order valence-corrected chi connectivity index (χ0v) is 21.3. The maximum Gasteiger partial charge on any atom is 0.276 e. The number of nitrogens with zero attached hydrogens (tertiary/aromatic N) is 4. The van der Waals surface area contributed by atoms with E-state index in [1.807, 2.05) is 12.1 Å². The summed E-state index contributed by atoms with van der Waals surface area (Å²) in [6, 6.07) is 10.8. The number of amides is 1. The van der Waals surface area contributed by atoms with Gasteiger partial charge in [0.2, 0.25) is 6.79 Å². The smallest absolute Gasteiger partial charge is 0.276 e. The van der Waals surface area contributed by atoms with Crippen molar-refractivity contribution in [2.45, 2.75) is 6.54 Å². The number of hydrogen-bond donors (Lipinski definition) is 3. The van der Waals surface area contributed by atoms with Gasteiger partial charge in [-0.3, -0.25) is 20.5 Å². The molecule has 0 bridgehead atoms. The summed E-state index contributed by atoms with van der Waals surface area (Å²) < 4.78 is 16.3. The van der Waals surface area contributed by atoms with Crippen LogP contribution in [0.25, 0.3) is 0 Å². The Labute approximate surface area is 223 Å². The Morgan fingerprint density at radius 2 is 1.86 bits per heavy atom. The molecule has 1 fully saturated rings. The number of nitrogen functional groups attached to an aromatic ring is 1. The molecule has 0 radical (unpaired) electrons. The number of nitrogens with one attached hydrogen (secondary N) is 2. The van der Waals surface area contributed by atoms with E-state index >= 15 is 0 Å². The maximum absolute atomic E-state index is 12.2. The number of fused-ring (bicyclic) bond motifs is 1. The number of piperazine rings is 1. The Balaban J connectivity index is 1.12. The van der Waals surface area contributed by atoms with Crippen LogP contribution in [0.1, 0.15) is 5.56 Å². The fourth-order valence-corrected chi connectivity index (χ4v) is 4.52. The van der Waals surface area contributed by atoms with Crippen LogP contribution in [0.5, 0.6) is 17.2 Å². The third-order valence-electron chi connectivity index (χ3n) is 5.95. The summed E-state index contributed by atoms with van der Waals surface area (Å²) >= 11 is 11.9. The second-order valence-corrected chi connectivity index (χ2v) is 9.29. The van der Waals surface area contributed by atoms with Crippen molar-refractivity contribution in [1.82, 2.24) is 20.3 Å². The lowest BCUT2D eigenvalue weighted by Gasteiger charge is -2.36. The first kappa shape index (κ1) is 25.0. The summed E-state index contributed by atoms with van der Waals surface area (Å²) in [5.74, 6) is 2.39. The number of benzene rings is 2. The van der Waals surface area contributed by atoms with Gasteiger partial charge in [0.1, 0.15) is 17.8 Å². The fraction of sp³-hybridized carbons (Fsp3) is 0.292. The van der Waals surface area contributed by atoms with Crippen molar-refractivity contribution in [3.63, 3.8) is 0 Å². The van der Waals surface area contributed by atoms with Gasteiger partial charge in [-0.05, 0) is 35.9 Å². The second-order valence-electron chi connectivity index (χ2n) is 8.45. The predicted molar refractivity (Wildman–Crippen MR) is 140 cm³/mol. The fourth-order valence-electron chi connectivity index (χ4n) is 4.05. The van der Waals surface area contributed by atoms with E-state index in [0.717, 1.165) is 44.2 Å². The van der Waals surface area contributed by atoms with E-state index in [0.29, 0.717) is 33.1 Å². The van der Waals surface area contributed by atoms with Crippen LogP contribution in [0.4, 0.5) is 17.3 Å². The highest BCUT2D eigenvalue weighted by atomic mass is 35.5. The third-order valence-corrected chi connectivity index (χ3v) is 6.48. The number of rotatable bonds is 8. The lowest BCUT2D eigenvalue weighted by Crippen LogP contribution is -2.46. The zero-order valence-electron chi connectivity index (χ0n) is 19.7. The van der Waals surface area contributed by atoms with Crippen molar-refractivity contribution >= 4 is 46.4 Å². The van der Waals surface area contributed by atoms with Gasteiger partial charge in [-0.15, -0.1) is 0 Å². The Bertz CT molecular complexity index is 1290. The van der Waals surface area contributed by atoms with E-state index < -0.39 is 5.91 Å². The maximum atomic E-state index is 12.2. The van der Waals surface area contributed by atoms with Crippen molar-refractivity contribution in [3.05, 3.63) is 58.3 Å². The molecule has 1 saturated heterocycles. The van der Waals surface area contributed by atoms with Crippen LogP contribution < -0.4 is 35.7 Å². The van der Waals surface area contributed by atoms with E-state index in [1.54, 1.807) is 12.1 Å². The Hall–Kier alpha value is -3.67.